The smallest absolute Gasteiger partial charge is 0.361 e. The minimum atomic E-state index is -4.40. The number of hydrogen-bond acceptors (Lipinski definition) is 4. The zero-order valence-corrected chi connectivity index (χ0v) is 13.3. The lowest BCUT2D eigenvalue weighted by Crippen LogP contribution is -2.22. The van der Waals surface area contributed by atoms with Crippen LogP contribution in [0.1, 0.15) is 23.0 Å². The Hall–Kier alpha value is -2.68. The second-order valence-corrected chi connectivity index (χ2v) is 6.02. The molecular weight excluding hydrogens is 354 g/mol. The predicted molar refractivity (Wildman–Crippen MR) is 84.1 cm³/mol. The number of hydrogen-bond donors (Lipinski definition) is 3. The summed E-state index contributed by atoms with van der Waals surface area (Å²) in [5, 5.41) is 11.1. The van der Waals surface area contributed by atoms with E-state index in [1.54, 1.807) is 23.7 Å². The van der Waals surface area contributed by atoms with Gasteiger partial charge < -0.3 is 5.32 Å². The first-order valence-electron chi connectivity index (χ1n) is 7.77. The maximum atomic E-state index is 14.1. The van der Waals surface area contributed by atoms with E-state index < -0.39 is 42.2 Å². The van der Waals surface area contributed by atoms with Crippen LogP contribution in [0.4, 0.5) is 23.4 Å². The molecule has 3 rings (SSSR count). The summed E-state index contributed by atoms with van der Waals surface area (Å²) in [7, 11) is 0. The highest BCUT2D eigenvalue weighted by molar-refractivity contribution is 5.84. The summed E-state index contributed by atoms with van der Waals surface area (Å²) in [6, 6.07) is 8.91. The third kappa shape index (κ3) is 3.77. The van der Waals surface area contributed by atoms with Gasteiger partial charge in [-0.05, 0) is 29.3 Å². The summed E-state index contributed by atoms with van der Waals surface area (Å²) in [5.41, 5.74) is 2.41. The summed E-state index contributed by atoms with van der Waals surface area (Å²) in [6.07, 6.45) is -3.08. The van der Waals surface area contributed by atoms with E-state index in [1.165, 1.54) is 24.4 Å². The van der Waals surface area contributed by atoms with Gasteiger partial charge in [-0.2, -0.15) is 13.2 Å². The largest absolute Gasteiger partial charge is 0.405 e. The Balaban J connectivity index is 1.87. The first-order valence-corrected chi connectivity index (χ1v) is 7.77. The fourth-order valence-electron chi connectivity index (χ4n) is 3.20. The molecule has 138 valence electrons. The SMILES string of the molecule is O=C(NO)[C@H]1[C@H](c2ccnc(NCC(F)(F)F)c2)[C@H]1c1ccccc1F. The number of nitrogens with zero attached hydrogens (tertiary/aromatic N) is 1. The number of pyridine rings is 1. The lowest BCUT2D eigenvalue weighted by molar-refractivity contribution is -0.130. The number of nitrogens with one attached hydrogen (secondary N) is 2. The molecule has 0 saturated heterocycles. The minimum absolute atomic E-state index is 0.00200. The zero-order valence-electron chi connectivity index (χ0n) is 13.3. The van der Waals surface area contributed by atoms with Gasteiger partial charge in [0, 0.05) is 18.0 Å². The van der Waals surface area contributed by atoms with Crippen molar-refractivity contribution >= 4 is 11.7 Å². The third-order valence-corrected chi connectivity index (χ3v) is 4.34. The van der Waals surface area contributed by atoms with Crippen LogP contribution in [0.2, 0.25) is 0 Å². The summed E-state index contributed by atoms with van der Waals surface area (Å²) in [4.78, 5) is 15.8. The highest BCUT2D eigenvalue weighted by Crippen LogP contribution is 2.61. The van der Waals surface area contributed by atoms with Crippen molar-refractivity contribution in [2.45, 2.75) is 18.0 Å². The summed E-state index contributed by atoms with van der Waals surface area (Å²) < 4.78 is 51.1. The number of carbonyl (C=O) groups is 1. The molecule has 2 aromatic rings. The lowest BCUT2D eigenvalue weighted by Gasteiger charge is -2.10. The summed E-state index contributed by atoms with van der Waals surface area (Å²) >= 11 is 0. The molecule has 0 radical (unpaired) electrons. The number of rotatable bonds is 5. The Bertz CT molecular complexity index is 813. The van der Waals surface area contributed by atoms with Crippen LogP contribution < -0.4 is 10.8 Å². The average Bonchev–Trinajstić information content (AvgIpc) is 3.35. The van der Waals surface area contributed by atoms with Crippen molar-refractivity contribution in [3.05, 3.63) is 59.5 Å². The average molecular weight is 369 g/mol. The Morgan fingerprint density at radius 3 is 2.58 bits per heavy atom. The van der Waals surface area contributed by atoms with Crippen molar-refractivity contribution in [1.29, 1.82) is 0 Å². The molecule has 1 heterocycles. The quantitative estimate of drug-likeness (QED) is 0.430. The van der Waals surface area contributed by atoms with Gasteiger partial charge in [-0.3, -0.25) is 10.0 Å². The normalized spacial score (nSPS) is 22.0. The minimum Gasteiger partial charge on any atom is -0.361 e. The number of carbonyl (C=O) groups excluding carboxylic acids is 1. The molecule has 1 aromatic heterocycles. The Morgan fingerprint density at radius 1 is 1.19 bits per heavy atom. The molecule has 0 aliphatic heterocycles. The van der Waals surface area contributed by atoms with Crippen LogP contribution in [0.5, 0.6) is 0 Å². The molecule has 1 fully saturated rings. The number of amides is 1. The summed E-state index contributed by atoms with van der Waals surface area (Å²) in [6.45, 7) is -1.24. The first kappa shape index (κ1) is 18.1. The van der Waals surface area contributed by atoms with E-state index in [0.29, 0.717) is 11.1 Å². The van der Waals surface area contributed by atoms with Gasteiger partial charge in [0.25, 0.3) is 0 Å². The van der Waals surface area contributed by atoms with Crippen LogP contribution >= 0.6 is 0 Å². The van der Waals surface area contributed by atoms with Gasteiger partial charge in [0.2, 0.25) is 5.91 Å². The van der Waals surface area contributed by atoms with Crippen LogP contribution in [-0.4, -0.2) is 28.8 Å². The van der Waals surface area contributed by atoms with Crippen LogP contribution in [-0.2, 0) is 4.79 Å². The molecule has 1 aliphatic rings. The number of alkyl halides is 3. The van der Waals surface area contributed by atoms with Gasteiger partial charge in [0.1, 0.15) is 18.2 Å². The van der Waals surface area contributed by atoms with Crippen molar-refractivity contribution in [2.24, 2.45) is 5.92 Å². The molecule has 1 saturated carbocycles. The highest BCUT2D eigenvalue weighted by Gasteiger charge is 2.57. The molecule has 9 heteroatoms. The van der Waals surface area contributed by atoms with Crippen LogP contribution in [0, 0.1) is 11.7 Å². The second-order valence-electron chi connectivity index (χ2n) is 6.02. The molecule has 1 amide bonds. The molecular formula is C17H15F4N3O2. The van der Waals surface area contributed by atoms with Crippen molar-refractivity contribution in [3.8, 4) is 0 Å². The van der Waals surface area contributed by atoms with Crippen molar-refractivity contribution in [1.82, 2.24) is 10.5 Å². The molecule has 0 unspecified atom stereocenters. The fraction of sp³-hybridized carbons (Fsp3) is 0.294. The Morgan fingerprint density at radius 2 is 1.92 bits per heavy atom. The monoisotopic (exact) mass is 369 g/mol. The molecule has 5 nitrogen and oxygen atoms in total. The first-order chi connectivity index (χ1) is 12.3. The Kier molecular flexibility index (Phi) is 4.82. The number of benzene rings is 1. The molecule has 3 N–H and O–H groups in total. The Labute approximate surface area is 146 Å². The van der Waals surface area contributed by atoms with E-state index in [4.69, 9.17) is 5.21 Å². The maximum absolute atomic E-state index is 14.1. The van der Waals surface area contributed by atoms with E-state index in [1.807, 2.05) is 0 Å². The van der Waals surface area contributed by atoms with E-state index in [9.17, 15) is 22.4 Å². The number of aromatic nitrogens is 1. The van der Waals surface area contributed by atoms with Gasteiger partial charge >= 0.3 is 6.18 Å². The van der Waals surface area contributed by atoms with E-state index in [-0.39, 0.29) is 5.82 Å². The molecule has 26 heavy (non-hydrogen) atoms. The molecule has 1 aromatic carbocycles. The fourth-order valence-corrected chi connectivity index (χ4v) is 3.20. The van der Waals surface area contributed by atoms with Gasteiger partial charge in [-0.25, -0.2) is 14.9 Å². The van der Waals surface area contributed by atoms with Crippen LogP contribution in [0.25, 0.3) is 0 Å². The van der Waals surface area contributed by atoms with Crippen LogP contribution in [0.3, 0.4) is 0 Å². The van der Waals surface area contributed by atoms with E-state index in [2.05, 4.69) is 10.3 Å². The van der Waals surface area contributed by atoms with Gasteiger partial charge in [0.15, 0.2) is 0 Å². The van der Waals surface area contributed by atoms with Gasteiger partial charge in [-0.15, -0.1) is 0 Å². The standard InChI is InChI=1S/C17H15F4N3O2/c18-11-4-2-1-3-10(11)14-13(15(14)16(25)24-26)9-5-6-22-12(7-9)23-8-17(19,20)21/h1-7,13-15,26H,8H2,(H,22,23)(H,24,25)/t13-,14-,15+/m1/s1. The molecule has 0 bridgehead atoms. The van der Waals surface area contributed by atoms with Gasteiger partial charge in [0.05, 0.1) is 5.92 Å². The van der Waals surface area contributed by atoms with Crippen molar-refractivity contribution < 1.29 is 27.6 Å². The molecule has 0 spiro atoms. The highest BCUT2D eigenvalue weighted by atomic mass is 19.4. The van der Waals surface area contributed by atoms with Crippen LogP contribution in [0.15, 0.2) is 42.6 Å². The predicted octanol–water partition coefficient (Wildman–Crippen LogP) is 3.20. The topological polar surface area (TPSA) is 74.2 Å². The molecule has 3 atom stereocenters. The van der Waals surface area contributed by atoms with Gasteiger partial charge in [-0.1, -0.05) is 18.2 Å². The van der Waals surface area contributed by atoms with Crippen molar-refractivity contribution in [3.63, 3.8) is 0 Å². The third-order valence-electron chi connectivity index (χ3n) is 4.34. The van der Waals surface area contributed by atoms with Crippen molar-refractivity contribution in [2.75, 3.05) is 11.9 Å². The zero-order chi connectivity index (χ0) is 18.9. The van der Waals surface area contributed by atoms with E-state index in [0.717, 1.165) is 0 Å². The second kappa shape index (κ2) is 6.91. The number of halogens is 4. The lowest BCUT2D eigenvalue weighted by atomic mass is 10.0. The summed E-state index contributed by atoms with van der Waals surface area (Å²) in [5.74, 6) is -2.89. The molecule has 1 aliphatic carbocycles. The maximum Gasteiger partial charge on any atom is 0.405 e. The van der Waals surface area contributed by atoms with E-state index >= 15 is 0 Å². The number of hydroxylamine groups is 1. The number of anilines is 1.